The lowest BCUT2D eigenvalue weighted by atomic mass is 10.1. The van der Waals surface area contributed by atoms with E-state index in [0.29, 0.717) is 0 Å². The number of rotatable bonds is 4. The van der Waals surface area contributed by atoms with Crippen LogP contribution in [0.5, 0.6) is 0 Å². The molecule has 0 fully saturated rings. The lowest BCUT2D eigenvalue weighted by Gasteiger charge is -2.26. The van der Waals surface area contributed by atoms with Crippen LogP contribution in [0.3, 0.4) is 0 Å². The molecule has 0 amide bonds. The van der Waals surface area contributed by atoms with Crippen LogP contribution >= 0.6 is 0 Å². The Bertz CT molecular complexity index is 428. The van der Waals surface area contributed by atoms with Crippen molar-refractivity contribution < 1.29 is 9.90 Å². The van der Waals surface area contributed by atoms with E-state index < -0.39 is 5.97 Å². The lowest BCUT2D eigenvalue weighted by Crippen LogP contribution is -2.30. The van der Waals surface area contributed by atoms with Crippen molar-refractivity contribution in [3.8, 4) is 0 Å². The van der Waals surface area contributed by atoms with E-state index in [9.17, 15) is 4.79 Å². The first-order valence-electron chi connectivity index (χ1n) is 6.14. The molecule has 17 heavy (non-hydrogen) atoms. The van der Waals surface area contributed by atoms with Crippen LogP contribution in [0, 0.1) is 0 Å². The van der Waals surface area contributed by atoms with Gasteiger partial charge in [-0.3, -0.25) is 4.79 Å². The normalized spacial score (nSPS) is 15.4. The maximum Gasteiger partial charge on any atom is 0.305 e. The summed E-state index contributed by atoms with van der Waals surface area (Å²) < 4.78 is 0. The van der Waals surface area contributed by atoms with Gasteiger partial charge in [-0.05, 0) is 49.4 Å². The van der Waals surface area contributed by atoms with Gasteiger partial charge in [0, 0.05) is 18.8 Å². The monoisotopic (exact) mass is 233 g/mol. The van der Waals surface area contributed by atoms with E-state index in [4.69, 9.17) is 5.11 Å². The van der Waals surface area contributed by atoms with Crippen molar-refractivity contribution in [3.63, 3.8) is 0 Å². The summed E-state index contributed by atoms with van der Waals surface area (Å²) in [7, 11) is 1.96. The zero-order valence-corrected chi connectivity index (χ0v) is 10.4. The van der Waals surface area contributed by atoms with Crippen LogP contribution < -0.4 is 4.90 Å². The van der Waals surface area contributed by atoms with Gasteiger partial charge in [0.15, 0.2) is 0 Å². The highest BCUT2D eigenvalue weighted by Gasteiger charge is 2.16. The minimum Gasteiger partial charge on any atom is -0.481 e. The smallest absolute Gasteiger partial charge is 0.305 e. The molecule has 0 spiro atoms. The van der Waals surface area contributed by atoms with E-state index in [0.717, 1.165) is 12.1 Å². The minimum absolute atomic E-state index is 0.0203. The van der Waals surface area contributed by atoms with Crippen LogP contribution in [-0.4, -0.2) is 24.2 Å². The Kier molecular flexibility index (Phi) is 3.36. The van der Waals surface area contributed by atoms with Gasteiger partial charge in [0.05, 0.1) is 6.42 Å². The summed E-state index contributed by atoms with van der Waals surface area (Å²) in [5.41, 5.74) is 4.00. The molecule has 0 saturated heterocycles. The molecule has 2 rings (SSSR count). The molecule has 92 valence electrons. The summed E-state index contributed by atoms with van der Waals surface area (Å²) in [6.45, 7) is 1.95. The number of nitrogens with zero attached hydrogens (tertiary/aromatic N) is 1. The molecule has 3 nitrogen and oxygen atoms in total. The summed E-state index contributed by atoms with van der Waals surface area (Å²) in [4.78, 5) is 12.8. The zero-order chi connectivity index (χ0) is 12.4. The highest BCUT2D eigenvalue weighted by Crippen LogP contribution is 2.27. The summed E-state index contributed by atoms with van der Waals surface area (Å²) in [5.74, 6) is -0.745. The van der Waals surface area contributed by atoms with E-state index in [1.165, 1.54) is 24.0 Å². The SMILES string of the molecule is CC(CC(=O)O)N(C)c1ccc2c(c1)CCC2. The van der Waals surface area contributed by atoms with Crippen molar-refractivity contribution >= 4 is 11.7 Å². The van der Waals surface area contributed by atoms with Crippen LogP contribution in [0.25, 0.3) is 0 Å². The summed E-state index contributed by atoms with van der Waals surface area (Å²) in [6, 6.07) is 6.51. The Balaban J connectivity index is 2.14. The number of carboxylic acids is 1. The van der Waals surface area contributed by atoms with Crippen molar-refractivity contribution in [2.24, 2.45) is 0 Å². The van der Waals surface area contributed by atoms with Crippen molar-refractivity contribution in [3.05, 3.63) is 29.3 Å². The fourth-order valence-corrected chi connectivity index (χ4v) is 2.42. The predicted molar refractivity (Wildman–Crippen MR) is 68.6 cm³/mol. The van der Waals surface area contributed by atoms with Gasteiger partial charge in [-0.15, -0.1) is 0 Å². The fraction of sp³-hybridized carbons (Fsp3) is 0.500. The molecule has 0 aliphatic heterocycles. The summed E-state index contributed by atoms with van der Waals surface area (Å²) in [5, 5.41) is 8.81. The molecular formula is C14H19NO2. The first kappa shape index (κ1) is 12.0. The van der Waals surface area contributed by atoms with E-state index >= 15 is 0 Å². The third kappa shape index (κ3) is 2.60. The highest BCUT2D eigenvalue weighted by atomic mass is 16.4. The number of aliphatic carboxylic acids is 1. The molecule has 1 unspecified atom stereocenters. The number of aryl methyl sites for hydroxylation is 2. The second-order valence-electron chi connectivity index (χ2n) is 4.86. The molecule has 0 heterocycles. The van der Waals surface area contributed by atoms with Gasteiger partial charge in [0.1, 0.15) is 0 Å². The number of carbonyl (C=O) groups is 1. The maximum absolute atomic E-state index is 10.7. The molecule has 1 aromatic rings. The van der Waals surface area contributed by atoms with Crippen LogP contribution in [0.2, 0.25) is 0 Å². The van der Waals surface area contributed by atoms with Crippen LogP contribution in [-0.2, 0) is 17.6 Å². The topological polar surface area (TPSA) is 40.5 Å². The molecule has 3 heteroatoms. The largest absolute Gasteiger partial charge is 0.481 e. The van der Waals surface area contributed by atoms with Gasteiger partial charge in [-0.1, -0.05) is 6.07 Å². The van der Waals surface area contributed by atoms with Gasteiger partial charge in [0.25, 0.3) is 0 Å². The first-order chi connectivity index (χ1) is 8.08. The van der Waals surface area contributed by atoms with Gasteiger partial charge in [-0.25, -0.2) is 0 Å². The summed E-state index contributed by atoms with van der Waals surface area (Å²) in [6.07, 6.45) is 3.76. The molecular weight excluding hydrogens is 214 g/mol. The molecule has 0 aromatic heterocycles. The molecule has 1 N–H and O–H groups in total. The number of hydrogen-bond donors (Lipinski definition) is 1. The van der Waals surface area contributed by atoms with Crippen LogP contribution in [0.1, 0.15) is 30.9 Å². The van der Waals surface area contributed by atoms with Crippen molar-refractivity contribution in [2.45, 2.75) is 38.6 Å². The maximum atomic E-state index is 10.7. The van der Waals surface area contributed by atoms with Crippen LogP contribution in [0.15, 0.2) is 18.2 Å². The lowest BCUT2D eigenvalue weighted by molar-refractivity contribution is -0.137. The molecule has 1 aromatic carbocycles. The molecule has 1 atom stereocenters. The second-order valence-corrected chi connectivity index (χ2v) is 4.86. The van der Waals surface area contributed by atoms with Crippen LogP contribution in [0.4, 0.5) is 5.69 Å². The first-order valence-corrected chi connectivity index (χ1v) is 6.14. The molecule has 0 saturated carbocycles. The standard InChI is InChI=1S/C14H19NO2/c1-10(8-14(16)17)15(2)13-7-6-11-4-3-5-12(11)9-13/h6-7,9-10H,3-5,8H2,1-2H3,(H,16,17). The predicted octanol–water partition coefficient (Wildman–Crippen LogP) is 2.47. The third-order valence-corrected chi connectivity index (χ3v) is 3.62. The number of carboxylic acid groups (broad SMARTS) is 1. The molecule has 0 bridgehead atoms. The van der Waals surface area contributed by atoms with Crippen molar-refractivity contribution in [2.75, 3.05) is 11.9 Å². The molecule has 1 aliphatic carbocycles. The Morgan fingerprint density at radius 2 is 2.12 bits per heavy atom. The van der Waals surface area contributed by atoms with Crippen molar-refractivity contribution in [1.82, 2.24) is 0 Å². The minimum atomic E-state index is -0.745. The van der Waals surface area contributed by atoms with Crippen molar-refractivity contribution in [1.29, 1.82) is 0 Å². The van der Waals surface area contributed by atoms with Gasteiger partial charge in [0.2, 0.25) is 0 Å². The zero-order valence-electron chi connectivity index (χ0n) is 10.4. The summed E-state index contributed by atoms with van der Waals surface area (Å²) >= 11 is 0. The van der Waals surface area contributed by atoms with E-state index in [1.54, 1.807) is 0 Å². The third-order valence-electron chi connectivity index (χ3n) is 3.62. The van der Waals surface area contributed by atoms with Gasteiger partial charge in [-0.2, -0.15) is 0 Å². The average Bonchev–Trinajstić information content (AvgIpc) is 2.73. The molecule has 0 radical (unpaired) electrons. The fourth-order valence-electron chi connectivity index (χ4n) is 2.42. The Morgan fingerprint density at radius 1 is 1.41 bits per heavy atom. The second kappa shape index (κ2) is 4.78. The molecule has 1 aliphatic rings. The number of fused-ring (bicyclic) bond motifs is 1. The van der Waals surface area contributed by atoms with Gasteiger partial charge >= 0.3 is 5.97 Å². The number of anilines is 1. The Morgan fingerprint density at radius 3 is 2.82 bits per heavy atom. The quantitative estimate of drug-likeness (QED) is 0.868. The number of benzene rings is 1. The number of hydrogen-bond acceptors (Lipinski definition) is 2. The Hall–Kier alpha value is -1.51. The average molecular weight is 233 g/mol. The van der Waals surface area contributed by atoms with E-state index in [1.807, 2.05) is 18.9 Å². The van der Waals surface area contributed by atoms with E-state index in [2.05, 4.69) is 18.2 Å². The van der Waals surface area contributed by atoms with E-state index in [-0.39, 0.29) is 12.5 Å². The highest BCUT2D eigenvalue weighted by molar-refractivity contribution is 5.68. The van der Waals surface area contributed by atoms with Gasteiger partial charge < -0.3 is 10.0 Å². The Labute approximate surface area is 102 Å².